The molecule has 0 fully saturated rings. The fraction of sp³-hybridized carbons (Fsp3) is 0.0952. The maximum Gasteiger partial charge on any atom is 0.338 e. The van der Waals surface area contributed by atoms with Crippen molar-refractivity contribution in [1.29, 1.82) is 0 Å². The van der Waals surface area contributed by atoms with Gasteiger partial charge < -0.3 is 9.26 Å². The number of esters is 1. The first-order valence-electron chi connectivity index (χ1n) is 8.52. The largest absolute Gasteiger partial charge is 0.455 e. The van der Waals surface area contributed by atoms with Crippen LogP contribution in [0.25, 0.3) is 11.3 Å². The molecule has 0 amide bonds. The van der Waals surface area contributed by atoms with E-state index in [1.165, 1.54) is 0 Å². The summed E-state index contributed by atoms with van der Waals surface area (Å²) in [7, 11) is 0. The van der Waals surface area contributed by atoms with Crippen molar-refractivity contribution in [2.45, 2.75) is 13.2 Å². The summed E-state index contributed by atoms with van der Waals surface area (Å²) in [6.07, 6.45) is 3.63. The number of carbonyl (C=O) groups excluding carboxylic acids is 1. The van der Waals surface area contributed by atoms with Gasteiger partial charge in [-0.2, -0.15) is 5.10 Å². The van der Waals surface area contributed by atoms with Crippen LogP contribution in [0.5, 0.6) is 0 Å². The summed E-state index contributed by atoms with van der Waals surface area (Å²) in [5.74, 6) is 0.245. The molecule has 0 aliphatic rings. The first kappa shape index (κ1) is 16.8. The van der Waals surface area contributed by atoms with Crippen molar-refractivity contribution in [3.63, 3.8) is 0 Å². The topological polar surface area (TPSA) is 70.2 Å². The molecule has 0 N–H and O–H groups in total. The molecule has 0 spiro atoms. The van der Waals surface area contributed by atoms with Gasteiger partial charge in [0.25, 0.3) is 0 Å². The Kier molecular flexibility index (Phi) is 4.78. The van der Waals surface area contributed by atoms with Gasteiger partial charge in [-0.05, 0) is 23.8 Å². The van der Waals surface area contributed by atoms with Gasteiger partial charge in [-0.15, -0.1) is 0 Å². The van der Waals surface area contributed by atoms with Gasteiger partial charge in [-0.3, -0.25) is 4.68 Å². The minimum atomic E-state index is -0.398. The number of carbonyl (C=O) groups is 1. The van der Waals surface area contributed by atoms with Crippen LogP contribution in [0.4, 0.5) is 0 Å². The van der Waals surface area contributed by atoms with E-state index >= 15 is 0 Å². The van der Waals surface area contributed by atoms with Gasteiger partial charge in [0.05, 0.1) is 12.1 Å². The highest BCUT2D eigenvalue weighted by Gasteiger charge is 2.11. The first-order chi connectivity index (χ1) is 13.3. The quantitative estimate of drug-likeness (QED) is 0.488. The van der Waals surface area contributed by atoms with Gasteiger partial charge >= 0.3 is 5.97 Å². The third-order valence-electron chi connectivity index (χ3n) is 4.06. The molecule has 0 aliphatic heterocycles. The molecule has 4 rings (SSSR count). The maximum absolute atomic E-state index is 12.2. The van der Waals surface area contributed by atoms with E-state index in [2.05, 4.69) is 10.3 Å². The van der Waals surface area contributed by atoms with Crippen molar-refractivity contribution in [2.24, 2.45) is 0 Å². The predicted molar refractivity (Wildman–Crippen MR) is 98.8 cm³/mol. The summed E-state index contributed by atoms with van der Waals surface area (Å²) in [5, 5.41) is 8.12. The van der Waals surface area contributed by atoms with E-state index in [0.29, 0.717) is 23.6 Å². The summed E-state index contributed by atoms with van der Waals surface area (Å²) < 4.78 is 12.5. The van der Waals surface area contributed by atoms with Gasteiger partial charge in [0.2, 0.25) is 0 Å². The lowest BCUT2D eigenvalue weighted by atomic mass is 10.1. The predicted octanol–water partition coefficient (Wildman–Crippen LogP) is 3.94. The summed E-state index contributed by atoms with van der Waals surface area (Å²) >= 11 is 0. The molecule has 0 radical (unpaired) electrons. The number of hydrogen-bond acceptors (Lipinski definition) is 5. The van der Waals surface area contributed by atoms with Crippen LogP contribution >= 0.6 is 0 Å². The molecule has 4 aromatic rings. The third kappa shape index (κ3) is 4.12. The fourth-order valence-corrected chi connectivity index (χ4v) is 2.67. The van der Waals surface area contributed by atoms with Crippen molar-refractivity contribution in [1.82, 2.24) is 14.9 Å². The third-order valence-corrected chi connectivity index (χ3v) is 4.06. The van der Waals surface area contributed by atoms with Crippen molar-refractivity contribution >= 4 is 5.97 Å². The van der Waals surface area contributed by atoms with Crippen LogP contribution in [0.3, 0.4) is 0 Å². The molecule has 2 aromatic heterocycles. The van der Waals surface area contributed by atoms with E-state index < -0.39 is 5.97 Å². The smallest absolute Gasteiger partial charge is 0.338 e. The van der Waals surface area contributed by atoms with Gasteiger partial charge in [-0.1, -0.05) is 47.6 Å². The molecule has 0 saturated carbocycles. The molecule has 6 nitrogen and oxygen atoms in total. The number of ether oxygens (including phenoxy) is 1. The zero-order valence-electron chi connectivity index (χ0n) is 14.5. The first-order valence-corrected chi connectivity index (χ1v) is 8.52. The Morgan fingerprint density at radius 3 is 2.59 bits per heavy atom. The van der Waals surface area contributed by atoms with Crippen molar-refractivity contribution in [3.8, 4) is 11.3 Å². The zero-order chi connectivity index (χ0) is 18.5. The van der Waals surface area contributed by atoms with Crippen LogP contribution in [0.15, 0.2) is 83.6 Å². The molecule has 134 valence electrons. The standard InChI is InChI=1S/C21H17N3O3/c25-21(18-9-7-16(8-10-18)14-24-12-4-11-22-24)26-15-19-13-20(27-23-19)17-5-2-1-3-6-17/h1-13H,14-15H2. The summed E-state index contributed by atoms with van der Waals surface area (Å²) in [4.78, 5) is 12.2. The zero-order valence-corrected chi connectivity index (χ0v) is 14.5. The van der Waals surface area contributed by atoms with Crippen LogP contribution < -0.4 is 0 Å². The Bertz CT molecular complexity index is 1010. The van der Waals surface area contributed by atoms with Crippen LogP contribution in [-0.2, 0) is 17.9 Å². The van der Waals surface area contributed by atoms with Crippen LogP contribution in [-0.4, -0.2) is 20.9 Å². The monoisotopic (exact) mass is 359 g/mol. The van der Waals surface area contributed by atoms with Crippen molar-refractivity contribution in [2.75, 3.05) is 0 Å². The minimum Gasteiger partial charge on any atom is -0.455 e. The molecule has 0 saturated heterocycles. The van der Waals surface area contributed by atoms with Crippen LogP contribution in [0, 0.1) is 0 Å². The summed E-state index contributed by atoms with van der Waals surface area (Å²) in [6, 6.07) is 20.6. The van der Waals surface area contributed by atoms with Crippen molar-refractivity contribution in [3.05, 3.63) is 95.9 Å². The van der Waals surface area contributed by atoms with Gasteiger partial charge in [0, 0.05) is 24.0 Å². The van der Waals surface area contributed by atoms with E-state index in [9.17, 15) is 4.79 Å². The van der Waals surface area contributed by atoms with Crippen LogP contribution in [0.2, 0.25) is 0 Å². The Morgan fingerprint density at radius 1 is 1.04 bits per heavy atom. The molecule has 2 heterocycles. The second-order valence-corrected chi connectivity index (χ2v) is 6.03. The molecule has 6 heteroatoms. The maximum atomic E-state index is 12.2. The van der Waals surface area contributed by atoms with Crippen molar-refractivity contribution < 1.29 is 14.1 Å². The van der Waals surface area contributed by atoms with E-state index in [1.54, 1.807) is 24.4 Å². The Balaban J connectivity index is 1.35. The average molecular weight is 359 g/mol. The summed E-state index contributed by atoms with van der Waals surface area (Å²) in [6.45, 7) is 0.716. The molecular weight excluding hydrogens is 342 g/mol. The normalized spacial score (nSPS) is 10.7. The number of aromatic nitrogens is 3. The van der Waals surface area contributed by atoms with Gasteiger partial charge in [0.15, 0.2) is 5.76 Å². The highest BCUT2D eigenvalue weighted by molar-refractivity contribution is 5.89. The highest BCUT2D eigenvalue weighted by Crippen LogP contribution is 2.20. The van der Waals surface area contributed by atoms with Crippen LogP contribution in [0.1, 0.15) is 21.6 Å². The minimum absolute atomic E-state index is 0.0597. The molecule has 0 unspecified atom stereocenters. The summed E-state index contributed by atoms with van der Waals surface area (Å²) in [5.41, 5.74) is 3.04. The average Bonchev–Trinajstić information content (AvgIpc) is 3.39. The molecule has 27 heavy (non-hydrogen) atoms. The lowest BCUT2D eigenvalue weighted by Crippen LogP contribution is -2.06. The Morgan fingerprint density at radius 2 is 1.85 bits per heavy atom. The van der Waals surface area contributed by atoms with E-state index in [4.69, 9.17) is 9.26 Å². The second-order valence-electron chi connectivity index (χ2n) is 6.03. The molecular formula is C21H17N3O3. The van der Waals surface area contributed by atoms with E-state index in [1.807, 2.05) is 59.4 Å². The van der Waals surface area contributed by atoms with E-state index in [-0.39, 0.29) is 6.61 Å². The van der Waals surface area contributed by atoms with Gasteiger partial charge in [-0.25, -0.2) is 4.79 Å². The number of nitrogens with zero attached hydrogens (tertiary/aromatic N) is 3. The molecule has 0 atom stereocenters. The highest BCUT2D eigenvalue weighted by atomic mass is 16.5. The lowest BCUT2D eigenvalue weighted by Gasteiger charge is -2.05. The molecule has 2 aromatic carbocycles. The van der Waals surface area contributed by atoms with Gasteiger partial charge in [0.1, 0.15) is 12.3 Å². The second kappa shape index (κ2) is 7.70. The fourth-order valence-electron chi connectivity index (χ4n) is 2.67. The van der Waals surface area contributed by atoms with E-state index in [0.717, 1.165) is 11.1 Å². The molecule has 0 aliphatic carbocycles. The number of rotatable bonds is 6. The lowest BCUT2D eigenvalue weighted by molar-refractivity contribution is 0.0464. The Hall–Kier alpha value is -3.67. The number of hydrogen-bond donors (Lipinski definition) is 0. The Labute approximate surface area is 156 Å². The SMILES string of the molecule is O=C(OCc1cc(-c2ccccc2)on1)c1ccc(Cn2cccn2)cc1. The number of benzene rings is 2. The molecule has 0 bridgehead atoms.